The molecule has 5 heteroatoms. The second-order valence-electron chi connectivity index (χ2n) is 6.31. The van der Waals surface area contributed by atoms with Crippen molar-refractivity contribution in [2.45, 2.75) is 32.2 Å². The van der Waals surface area contributed by atoms with Gasteiger partial charge < -0.3 is 15.4 Å². The summed E-state index contributed by atoms with van der Waals surface area (Å²) in [5.74, 6) is -0.376. The Morgan fingerprint density at radius 2 is 2.23 bits per heavy atom. The summed E-state index contributed by atoms with van der Waals surface area (Å²) < 4.78 is 0. The zero-order chi connectivity index (χ0) is 15.7. The van der Waals surface area contributed by atoms with Gasteiger partial charge in [0.2, 0.25) is 5.43 Å². The van der Waals surface area contributed by atoms with Crippen molar-refractivity contribution in [3.05, 3.63) is 46.2 Å². The van der Waals surface area contributed by atoms with Crippen molar-refractivity contribution in [2.24, 2.45) is 5.41 Å². The fourth-order valence-corrected chi connectivity index (χ4v) is 3.24. The van der Waals surface area contributed by atoms with Gasteiger partial charge in [-0.05, 0) is 25.0 Å². The highest BCUT2D eigenvalue weighted by molar-refractivity contribution is 5.97. The predicted octanol–water partition coefficient (Wildman–Crippen LogP) is 1.81. The summed E-state index contributed by atoms with van der Waals surface area (Å²) >= 11 is 0. The summed E-state index contributed by atoms with van der Waals surface area (Å²) in [6.07, 6.45) is 4.14. The molecule has 22 heavy (non-hydrogen) atoms. The van der Waals surface area contributed by atoms with Crippen molar-refractivity contribution in [1.29, 1.82) is 0 Å². The number of amides is 1. The molecule has 1 amide bonds. The summed E-state index contributed by atoms with van der Waals surface area (Å²) in [4.78, 5) is 27.9. The third kappa shape index (κ3) is 2.41. The van der Waals surface area contributed by atoms with Crippen molar-refractivity contribution < 1.29 is 9.90 Å². The Kier molecular flexibility index (Phi) is 3.74. The number of carbonyl (C=O) groups is 1. The Balaban J connectivity index is 1.90. The second-order valence-corrected chi connectivity index (χ2v) is 6.31. The molecule has 3 rings (SSSR count). The van der Waals surface area contributed by atoms with Crippen LogP contribution in [0.4, 0.5) is 0 Å². The number of aliphatic hydroxyl groups excluding tert-OH is 1. The molecule has 1 heterocycles. The van der Waals surface area contributed by atoms with Crippen LogP contribution in [0.3, 0.4) is 0 Å². The van der Waals surface area contributed by atoms with Crippen LogP contribution in [0.15, 0.2) is 35.3 Å². The van der Waals surface area contributed by atoms with Crippen LogP contribution in [0.1, 0.15) is 36.5 Å². The molecule has 1 aromatic heterocycles. The minimum Gasteiger partial charge on any atom is -0.396 e. The van der Waals surface area contributed by atoms with E-state index in [0.29, 0.717) is 10.9 Å². The normalized spacial score (nSPS) is 24.5. The van der Waals surface area contributed by atoms with Crippen molar-refractivity contribution in [2.75, 3.05) is 6.61 Å². The van der Waals surface area contributed by atoms with Gasteiger partial charge in [-0.25, -0.2) is 0 Å². The number of aliphatic hydroxyl groups is 1. The fourth-order valence-electron chi connectivity index (χ4n) is 3.24. The number of benzene rings is 1. The first-order chi connectivity index (χ1) is 10.5. The van der Waals surface area contributed by atoms with E-state index >= 15 is 0 Å². The molecule has 2 aromatic rings. The molecule has 0 aliphatic heterocycles. The van der Waals surface area contributed by atoms with Crippen molar-refractivity contribution in [3.8, 4) is 0 Å². The average molecular weight is 300 g/mol. The van der Waals surface area contributed by atoms with Crippen molar-refractivity contribution in [1.82, 2.24) is 10.3 Å². The summed E-state index contributed by atoms with van der Waals surface area (Å²) in [7, 11) is 0. The minimum absolute atomic E-state index is 0.0338. The lowest BCUT2D eigenvalue weighted by atomic mass is 9.85. The zero-order valence-corrected chi connectivity index (χ0v) is 12.6. The number of H-pyrrole nitrogens is 1. The van der Waals surface area contributed by atoms with Crippen LogP contribution in [-0.4, -0.2) is 28.6 Å². The molecule has 1 aliphatic carbocycles. The number of aromatic amines is 1. The molecule has 0 spiro atoms. The number of rotatable bonds is 3. The van der Waals surface area contributed by atoms with E-state index < -0.39 is 0 Å². The lowest BCUT2D eigenvalue weighted by molar-refractivity contribution is 0.0829. The van der Waals surface area contributed by atoms with Crippen LogP contribution in [-0.2, 0) is 0 Å². The first-order valence-electron chi connectivity index (χ1n) is 7.57. The van der Waals surface area contributed by atoms with Gasteiger partial charge in [0.15, 0.2) is 0 Å². The van der Waals surface area contributed by atoms with E-state index in [4.69, 9.17) is 0 Å². The molecule has 2 unspecified atom stereocenters. The number of carbonyl (C=O) groups excluding carboxylic acids is 1. The molecule has 1 saturated carbocycles. The van der Waals surface area contributed by atoms with Crippen LogP contribution in [0, 0.1) is 5.41 Å². The van der Waals surface area contributed by atoms with Gasteiger partial charge >= 0.3 is 0 Å². The Labute approximate surface area is 128 Å². The van der Waals surface area contributed by atoms with E-state index in [1.807, 2.05) is 13.0 Å². The van der Waals surface area contributed by atoms with E-state index in [9.17, 15) is 14.7 Å². The Morgan fingerprint density at radius 3 is 3.00 bits per heavy atom. The summed E-state index contributed by atoms with van der Waals surface area (Å²) in [5.41, 5.74) is 0.255. The van der Waals surface area contributed by atoms with Crippen molar-refractivity contribution in [3.63, 3.8) is 0 Å². The molecule has 5 nitrogen and oxygen atoms in total. The topological polar surface area (TPSA) is 82.2 Å². The first kappa shape index (κ1) is 14.8. The Morgan fingerprint density at radius 1 is 1.45 bits per heavy atom. The number of para-hydroxylation sites is 1. The molecular formula is C17H20N2O3. The summed E-state index contributed by atoms with van der Waals surface area (Å²) in [5, 5.41) is 13.0. The zero-order valence-electron chi connectivity index (χ0n) is 12.6. The standard InChI is InChI=1S/C17H20N2O3/c1-17(10-20)8-4-7-14(17)19-16(22)12-9-18-13-6-3-2-5-11(13)15(12)21/h2-3,5-6,9,14,20H,4,7-8,10H2,1H3,(H,18,21)(H,19,22). The number of hydrogen-bond donors (Lipinski definition) is 3. The van der Waals surface area contributed by atoms with Gasteiger partial charge in [-0.2, -0.15) is 0 Å². The first-order valence-corrected chi connectivity index (χ1v) is 7.57. The smallest absolute Gasteiger partial charge is 0.257 e. The quantitative estimate of drug-likeness (QED) is 0.808. The van der Waals surface area contributed by atoms with E-state index in [0.717, 1.165) is 19.3 Å². The van der Waals surface area contributed by atoms with E-state index in [2.05, 4.69) is 10.3 Å². The average Bonchev–Trinajstić information content (AvgIpc) is 2.89. The monoisotopic (exact) mass is 300 g/mol. The van der Waals surface area contributed by atoms with Crippen LogP contribution < -0.4 is 10.7 Å². The summed E-state index contributed by atoms with van der Waals surface area (Å²) in [6.45, 7) is 2.00. The molecule has 0 bridgehead atoms. The molecule has 0 saturated heterocycles. The molecule has 116 valence electrons. The number of pyridine rings is 1. The number of hydrogen-bond acceptors (Lipinski definition) is 3. The van der Waals surface area contributed by atoms with E-state index in [1.165, 1.54) is 6.20 Å². The highest BCUT2D eigenvalue weighted by Crippen LogP contribution is 2.37. The maximum atomic E-state index is 12.5. The fraction of sp³-hybridized carbons (Fsp3) is 0.412. The number of fused-ring (bicyclic) bond motifs is 1. The SMILES string of the molecule is CC1(CO)CCCC1NC(=O)c1c[nH]c2ccccc2c1=O. The maximum Gasteiger partial charge on any atom is 0.257 e. The third-order valence-electron chi connectivity index (χ3n) is 4.78. The minimum atomic E-state index is -0.376. The molecule has 2 atom stereocenters. The Hall–Kier alpha value is -2.14. The third-order valence-corrected chi connectivity index (χ3v) is 4.78. The lowest BCUT2D eigenvalue weighted by Gasteiger charge is -2.30. The van der Waals surface area contributed by atoms with Crippen LogP contribution in [0.25, 0.3) is 10.9 Å². The lowest BCUT2D eigenvalue weighted by Crippen LogP contribution is -2.45. The predicted molar refractivity (Wildman–Crippen MR) is 84.9 cm³/mol. The van der Waals surface area contributed by atoms with Gasteiger partial charge in [-0.15, -0.1) is 0 Å². The van der Waals surface area contributed by atoms with E-state index in [-0.39, 0.29) is 35.0 Å². The van der Waals surface area contributed by atoms with Gasteiger partial charge in [-0.3, -0.25) is 9.59 Å². The maximum absolute atomic E-state index is 12.5. The largest absolute Gasteiger partial charge is 0.396 e. The molecule has 1 aliphatic rings. The van der Waals surface area contributed by atoms with Crippen LogP contribution >= 0.6 is 0 Å². The molecule has 0 radical (unpaired) electrons. The van der Waals surface area contributed by atoms with Crippen LogP contribution in [0.5, 0.6) is 0 Å². The molecule has 3 N–H and O–H groups in total. The second kappa shape index (κ2) is 5.57. The highest BCUT2D eigenvalue weighted by atomic mass is 16.3. The highest BCUT2D eigenvalue weighted by Gasteiger charge is 2.39. The summed E-state index contributed by atoms with van der Waals surface area (Å²) in [6, 6.07) is 7.02. The molecule has 1 fully saturated rings. The number of nitrogens with one attached hydrogen (secondary N) is 2. The Bertz CT molecular complexity index is 768. The number of aromatic nitrogens is 1. The van der Waals surface area contributed by atoms with Crippen molar-refractivity contribution >= 4 is 16.8 Å². The van der Waals surface area contributed by atoms with Gasteiger partial charge in [0, 0.05) is 28.6 Å². The van der Waals surface area contributed by atoms with E-state index in [1.54, 1.807) is 18.2 Å². The van der Waals surface area contributed by atoms with Gasteiger partial charge in [0.05, 0.1) is 6.61 Å². The van der Waals surface area contributed by atoms with Gasteiger partial charge in [-0.1, -0.05) is 25.5 Å². The van der Waals surface area contributed by atoms with Gasteiger partial charge in [0.1, 0.15) is 5.56 Å². The molecule has 1 aromatic carbocycles. The van der Waals surface area contributed by atoms with Gasteiger partial charge in [0.25, 0.3) is 5.91 Å². The molecular weight excluding hydrogens is 280 g/mol. The van der Waals surface area contributed by atoms with Crippen LogP contribution in [0.2, 0.25) is 0 Å².